The molecule has 0 saturated heterocycles. The molecule has 1 aliphatic heterocycles. The molecule has 1 unspecified atom stereocenters. The highest BCUT2D eigenvalue weighted by Gasteiger charge is 2.45. The fourth-order valence-corrected chi connectivity index (χ4v) is 4.01. The van der Waals surface area contributed by atoms with Crippen molar-refractivity contribution in [1.29, 1.82) is 0 Å². The summed E-state index contributed by atoms with van der Waals surface area (Å²) in [6, 6.07) is 11.9. The second-order valence-electron chi connectivity index (χ2n) is 6.54. The van der Waals surface area contributed by atoms with Crippen LogP contribution >= 0.6 is 11.3 Å². The van der Waals surface area contributed by atoms with Crippen LogP contribution in [-0.2, 0) is 11.2 Å². The second kappa shape index (κ2) is 7.09. The Labute approximate surface area is 165 Å². The average Bonchev–Trinajstić information content (AvgIpc) is 3.43. The van der Waals surface area contributed by atoms with Crippen LogP contribution in [0.25, 0.3) is 0 Å². The van der Waals surface area contributed by atoms with Crippen molar-refractivity contribution in [2.75, 3.05) is 4.90 Å². The third-order valence-electron chi connectivity index (χ3n) is 4.76. The highest BCUT2D eigenvalue weighted by atomic mass is 32.1. The van der Waals surface area contributed by atoms with Crippen molar-refractivity contribution in [3.8, 4) is 0 Å². The minimum atomic E-state index is -0.780. The third-order valence-corrected chi connectivity index (χ3v) is 5.63. The number of hydrogen-bond donors (Lipinski definition) is 1. The SMILES string of the molecule is CCc1ccc(C2C(C(=O)c3cccs3)=C(O)C(=O)N2c2cc(C)on2)cc1. The first-order valence-corrected chi connectivity index (χ1v) is 9.76. The van der Waals surface area contributed by atoms with Crippen molar-refractivity contribution in [2.45, 2.75) is 26.3 Å². The zero-order valence-electron chi connectivity index (χ0n) is 15.4. The largest absolute Gasteiger partial charge is 0.503 e. The van der Waals surface area contributed by atoms with Gasteiger partial charge in [0.1, 0.15) is 5.76 Å². The highest BCUT2D eigenvalue weighted by Crippen LogP contribution is 2.42. The molecule has 7 heteroatoms. The van der Waals surface area contributed by atoms with E-state index in [4.69, 9.17) is 4.52 Å². The van der Waals surface area contributed by atoms with E-state index in [0.717, 1.165) is 17.5 Å². The number of anilines is 1. The number of aliphatic hydroxyl groups is 1. The van der Waals surface area contributed by atoms with E-state index in [2.05, 4.69) is 12.1 Å². The van der Waals surface area contributed by atoms with Crippen molar-refractivity contribution >= 4 is 28.8 Å². The minimum absolute atomic E-state index is 0.0531. The van der Waals surface area contributed by atoms with Crippen LogP contribution in [0, 0.1) is 6.92 Å². The smallest absolute Gasteiger partial charge is 0.295 e. The van der Waals surface area contributed by atoms with Crippen LogP contribution in [0.15, 0.2) is 63.7 Å². The van der Waals surface area contributed by atoms with Crippen LogP contribution in [0.4, 0.5) is 5.82 Å². The van der Waals surface area contributed by atoms with Crippen LogP contribution in [0.2, 0.25) is 0 Å². The zero-order valence-corrected chi connectivity index (χ0v) is 16.2. The molecule has 0 spiro atoms. The molecule has 0 bridgehead atoms. The second-order valence-corrected chi connectivity index (χ2v) is 7.48. The first kappa shape index (κ1) is 18.2. The van der Waals surface area contributed by atoms with Crippen molar-refractivity contribution in [2.24, 2.45) is 0 Å². The van der Waals surface area contributed by atoms with Gasteiger partial charge < -0.3 is 9.63 Å². The number of amides is 1. The number of nitrogens with zero attached hydrogens (tertiary/aromatic N) is 2. The highest BCUT2D eigenvalue weighted by molar-refractivity contribution is 7.12. The molecule has 0 saturated carbocycles. The molecule has 3 aromatic rings. The number of Topliss-reactive ketones (excluding diaryl/α,β-unsaturated/α-hetero) is 1. The minimum Gasteiger partial charge on any atom is -0.503 e. The first-order valence-electron chi connectivity index (χ1n) is 8.88. The molecule has 3 heterocycles. The molecular formula is C21H18N2O4S. The Kier molecular flexibility index (Phi) is 4.60. The normalized spacial score (nSPS) is 16.9. The molecule has 1 N–H and O–H groups in total. The number of aliphatic hydroxyl groups excluding tert-OH is 1. The van der Waals surface area contributed by atoms with E-state index in [1.165, 1.54) is 16.2 Å². The Balaban J connectivity index is 1.86. The summed E-state index contributed by atoms with van der Waals surface area (Å²) < 4.78 is 5.12. The predicted molar refractivity (Wildman–Crippen MR) is 106 cm³/mol. The maximum Gasteiger partial charge on any atom is 0.295 e. The van der Waals surface area contributed by atoms with E-state index in [9.17, 15) is 14.7 Å². The fraction of sp³-hybridized carbons (Fsp3) is 0.190. The number of ketones is 1. The molecule has 1 aliphatic rings. The predicted octanol–water partition coefficient (Wildman–Crippen LogP) is 4.39. The molecule has 6 nitrogen and oxygen atoms in total. The molecule has 2 aromatic heterocycles. The van der Waals surface area contributed by atoms with Crippen LogP contribution in [0.1, 0.15) is 39.5 Å². The number of carbonyl (C=O) groups is 2. The topological polar surface area (TPSA) is 83.6 Å². The van der Waals surface area contributed by atoms with Gasteiger partial charge in [0.25, 0.3) is 5.91 Å². The lowest BCUT2D eigenvalue weighted by Crippen LogP contribution is -2.31. The van der Waals surface area contributed by atoms with Gasteiger partial charge in [0.15, 0.2) is 11.6 Å². The van der Waals surface area contributed by atoms with E-state index >= 15 is 0 Å². The van der Waals surface area contributed by atoms with E-state index in [1.807, 2.05) is 24.3 Å². The number of aromatic nitrogens is 1. The van der Waals surface area contributed by atoms with Crippen LogP contribution in [0.3, 0.4) is 0 Å². The first-order chi connectivity index (χ1) is 13.5. The summed E-state index contributed by atoms with van der Waals surface area (Å²) in [6.45, 7) is 3.77. The van der Waals surface area contributed by atoms with Crippen LogP contribution in [-0.4, -0.2) is 22.0 Å². The lowest BCUT2D eigenvalue weighted by atomic mass is 9.94. The molecule has 1 amide bonds. The van der Waals surface area contributed by atoms with Crippen molar-refractivity contribution in [3.63, 3.8) is 0 Å². The van der Waals surface area contributed by atoms with Gasteiger partial charge in [0, 0.05) is 6.07 Å². The van der Waals surface area contributed by atoms with E-state index in [1.54, 1.807) is 30.5 Å². The van der Waals surface area contributed by atoms with E-state index in [-0.39, 0.29) is 17.2 Å². The van der Waals surface area contributed by atoms with Crippen molar-refractivity contribution in [3.05, 3.63) is 80.9 Å². The Hall–Kier alpha value is -3.19. The summed E-state index contributed by atoms with van der Waals surface area (Å²) in [4.78, 5) is 27.8. The molecule has 0 radical (unpaired) electrons. The summed E-state index contributed by atoms with van der Waals surface area (Å²) in [5.74, 6) is -0.803. The van der Waals surface area contributed by atoms with E-state index in [0.29, 0.717) is 10.6 Å². The molecule has 142 valence electrons. The Morgan fingerprint density at radius 2 is 2.04 bits per heavy atom. The van der Waals surface area contributed by atoms with Gasteiger partial charge >= 0.3 is 0 Å². The van der Waals surface area contributed by atoms with Gasteiger partial charge in [-0.05, 0) is 35.9 Å². The maximum absolute atomic E-state index is 13.1. The summed E-state index contributed by atoms with van der Waals surface area (Å²) in [7, 11) is 0. The number of carbonyl (C=O) groups excluding carboxylic acids is 2. The Bertz CT molecular complexity index is 1060. The Morgan fingerprint density at radius 3 is 2.61 bits per heavy atom. The van der Waals surface area contributed by atoms with Crippen molar-refractivity contribution in [1.82, 2.24) is 5.16 Å². The average molecular weight is 394 g/mol. The van der Waals surface area contributed by atoms with Crippen molar-refractivity contribution < 1.29 is 19.2 Å². The maximum atomic E-state index is 13.1. The van der Waals surface area contributed by atoms with Gasteiger partial charge in [-0.15, -0.1) is 11.3 Å². The number of benzene rings is 1. The summed E-state index contributed by atoms with van der Waals surface area (Å²) in [6.07, 6.45) is 0.873. The number of thiophene rings is 1. The number of rotatable bonds is 5. The van der Waals surface area contributed by atoms with Gasteiger partial charge in [0.05, 0.1) is 16.5 Å². The molecule has 1 atom stereocenters. The molecule has 0 fully saturated rings. The van der Waals surface area contributed by atoms with Crippen LogP contribution < -0.4 is 4.90 Å². The van der Waals surface area contributed by atoms with Gasteiger partial charge in [-0.3, -0.25) is 14.5 Å². The Morgan fingerprint density at radius 1 is 1.29 bits per heavy atom. The summed E-state index contributed by atoms with van der Waals surface area (Å²) in [5, 5.41) is 16.3. The number of aryl methyl sites for hydroxylation is 2. The standard InChI is InChI=1S/C21H18N2O4S/c1-3-13-6-8-14(9-7-13)18-17(19(24)15-5-4-10-28-15)20(25)21(26)23(18)16-11-12(2)27-22-16/h4-11,18,25H,3H2,1-2H3. The number of hydrogen-bond acceptors (Lipinski definition) is 6. The molecule has 0 aliphatic carbocycles. The van der Waals surface area contributed by atoms with E-state index < -0.39 is 17.7 Å². The third kappa shape index (κ3) is 2.93. The lowest BCUT2D eigenvalue weighted by Gasteiger charge is -2.24. The van der Waals surface area contributed by atoms with Gasteiger partial charge in [-0.1, -0.05) is 42.4 Å². The molecular weight excluding hydrogens is 376 g/mol. The van der Waals surface area contributed by atoms with Gasteiger partial charge in [-0.2, -0.15) is 0 Å². The zero-order chi connectivity index (χ0) is 19.8. The fourth-order valence-electron chi connectivity index (χ4n) is 3.33. The van der Waals surface area contributed by atoms with Crippen LogP contribution in [0.5, 0.6) is 0 Å². The lowest BCUT2D eigenvalue weighted by molar-refractivity contribution is -0.117. The monoisotopic (exact) mass is 394 g/mol. The van der Waals surface area contributed by atoms with Gasteiger partial charge in [0.2, 0.25) is 5.78 Å². The molecule has 28 heavy (non-hydrogen) atoms. The molecule has 4 rings (SSSR count). The summed E-state index contributed by atoms with van der Waals surface area (Å²) in [5.41, 5.74) is 1.91. The quantitative estimate of drug-likeness (QED) is 0.649. The molecule has 1 aromatic carbocycles. The van der Waals surface area contributed by atoms with Gasteiger partial charge in [-0.25, -0.2) is 0 Å². The summed E-state index contributed by atoms with van der Waals surface area (Å²) >= 11 is 1.27.